The fourth-order valence-electron chi connectivity index (χ4n) is 1.58. The summed E-state index contributed by atoms with van der Waals surface area (Å²) >= 11 is 3.44. The second-order valence-electron chi connectivity index (χ2n) is 4.46. The van der Waals surface area contributed by atoms with Crippen molar-refractivity contribution in [3.63, 3.8) is 0 Å². The molecule has 5 heteroatoms. The van der Waals surface area contributed by atoms with Crippen LogP contribution in [0.25, 0.3) is 0 Å². The van der Waals surface area contributed by atoms with Gasteiger partial charge in [-0.25, -0.2) is 0 Å². The van der Waals surface area contributed by atoms with E-state index in [-0.39, 0.29) is 5.91 Å². The van der Waals surface area contributed by atoms with E-state index in [4.69, 9.17) is 4.74 Å². The van der Waals surface area contributed by atoms with Crippen LogP contribution in [-0.2, 0) is 11.2 Å². The van der Waals surface area contributed by atoms with Crippen molar-refractivity contribution in [2.75, 3.05) is 20.7 Å². The van der Waals surface area contributed by atoms with Gasteiger partial charge in [-0.15, -0.1) is 0 Å². The Labute approximate surface area is 123 Å². The van der Waals surface area contributed by atoms with Crippen LogP contribution in [-0.4, -0.2) is 32.7 Å². The summed E-state index contributed by atoms with van der Waals surface area (Å²) in [6, 6.07) is 6.16. The summed E-state index contributed by atoms with van der Waals surface area (Å²) in [5.41, 5.74) is 1.12. The number of ether oxygens (including phenoxy) is 1. The van der Waals surface area contributed by atoms with E-state index in [9.17, 15) is 4.79 Å². The van der Waals surface area contributed by atoms with E-state index in [1.807, 2.05) is 32.2 Å². The van der Waals surface area contributed by atoms with Crippen LogP contribution in [0.4, 0.5) is 0 Å². The van der Waals surface area contributed by atoms with Crippen LogP contribution in [0.15, 0.2) is 22.7 Å². The molecule has 2 N–H and O–H groups in total. The predicted octanol–water partition coefficient (Wildman–Crippen LogP) is 2.11. The van der Waals surface area contributed by atoms with Crippen molar-refractivity contribution in [1.82, 2.24) is 10.6 Å². The summed E-state index contributed by atoms with van der Waals surface area (Å²) in [6.45, 7) is 2.68. The number of benzene rings is 1. The summed E-state index contributed by atoms with van der Waals surface area (Å²) in [5.74, 6) is 0.880. The number of aryl methyl sites for hydroxylation is 1. The molecule has 1 aromatic rings. The number of carbonyl (C=O) groups excluding carboxylic acids is 1. The van der Waals surface area contributed by atoms with E-state index < -0.39 is 0 Å². The minimum absolute atomic E-state index is 0.0778. The van der Waals surface area contributed by atoms with Crippen molar-refractivity contribution in [1.29, 1.82) is 0 Å². The smallest absolute Gasteiger partial charge is 0.220 e. The highest BCUT2D eigenvalue weighted by Crippen LogP contribution is 2.25. The molecule has 0 aliphatic carbocycles. The normalized spacial score (nSPS) is 12.0. The van der Waals surface area contributed by atoms with Crippen molar-refractivity contribution in [2.45, 2.75) is 25.8 Å². The van der Waals surface area contributed by atoms with Gasteiger partial charge in [-0.3, -0.25) is 4.79 Å². The molecule has 0 aromatic heterocycles. The third kappa shape index (κ3) is 5.61. The van der Waals surface area contributed by atoms with Gasteiger partial charge in [0, 0.05) is 19.0 Å². The molecule has 0 saturated carbocycles. The molecule has 0 spiro atoms. The molecule has 0 saturated heterocycles. The van der Waals surface area contributed by atoms with E-state index in [1.165, 1.54) is 0 Å². The van der Waals surface area contributed by atoms with Crippen molar-refractivity contribution < 1.29 is 9.53 Å². The molecular weight excluding hydrogens is 308 g/mol. The molecule has 4 nitrogen and oxygen atoms in total. The molecule has 19 heavy (non-hydrogen) atoms. The van der Waals surface area contributed by atoms with Crippen LogP contribution >= 0.6 is 15.9 Å². The summed E-state index contributed by atoms with van der Waals surface area (Å²) in [5, 5.41) is 5.98. The third-order valence-electron chi connectivity index (χ3n) is 2.96. The molecule has 0 fully saturated rings. The average molecular weight is 329 g/mol. The molecule has 1 amide bonds. The predicted molar refractivity (Wildman–Crippen MR) is 80.5 cm³/mol. The van der Waals surface area contributed by atoms with Gasteiger partial charge < -0.3 is 15.4 Å². The Morgan fingerprint density at radius 2 is 2.21 bits per heavy atom. The molecule has 1 unspecified atom stereocenters. The fraction of sp³-hybridized carbons (Fsp3) is 0.500. The molecule has 0 radical (unpaired) electrons. The topological polar surface area (TPSA) is 50.4 Å². The van der Waals surface area contributed by atoms with Gasteiger partial charge in [0.1, 0.15) is 5.75 Å². The van der Waals surface area contributed by atoms with Crippen molar-refractivity contribution >= 4 is 21.8 Å². The lowest BCUT2D eigenvalue weighted by Crippen LogP contribution is -2.37. The first-order valence-electron chi connectivity index (χ1n) is 6.33. The monoisotopic (exact) mass is 328 g/mol. The number of methoxy groups -OCH3 is 1. The van der Waals surface area contributed by atoms with Crippen molar-refractivity contribution in [3.05, 3.63) is 28.2 Å². The van der Waals surface area contributed by atoms with Gasteiger partial charge in [-0.2, -0.15) is 0 Å². The molecule has 0 bridgehead atoms. The first-order valence-corrected chi connectivity index (χ1v) is 7.12. The number of carbonyl (C=O) groups is 1. The maximum atomic E-state index is 11.7. The molecule has 1 atom stereocenters. The minimum Gasteiger partial charge on any atom is -0.496 e. The number of hydrogen-bond donors (Lipinski definition) is 2. The molecule has 0 aliphatic rings. The number of amides is 1. The molecular formula is C14H21BrN2O2. The third-order valence-corrected chi connectivity index (χ3v) is 3.57. The Morgan fingerprint density at radius 3 is 2.79 bits per heavy atom. The minimum atomic E-state index is 0.0778. The highest BCUT2D eigenvalue weighted by atomic mass is 79.9. The van der Waals surface area contributed by atoms with Crippen LogP contribution < -0.4 is 15.4 Å². The Kier molecular flexibility index (Phi) is 6.87. The average Bonchev–Trinajstić information content (AvgIpc) is 2.42. The summed E-state index contributed by atoms with van der Waals surface area (Å²) in [4.78, 5) is 11.7. The zero-order valence-electron chi connectivity index (χ0n) is 11.6. The maximum absolute atomic E-state index is 11.7. The van der Waals surface area contributed by atoms with Gasteiger partial charge >= 0.3 is 0 Å². The summed E-state index contributed by atoms with van der Waals surface area (Å²) < 4.78 is 6.08. The Balaban J connectivity index is 2.40. The molecule has 0 aliphatic heterocycles. The van der Waals surface area contributed by atoms with Gasteiger partial charge in [0.05, 0.1) is 11.6 Å². The van der Waals surface area contributed by atoms with Gasteiger partial charge in [0.2, 0.25) is 5.91 Å². The van der Waals surface area contributed by atoms with Crippen molar-refractivity contribution in [2.24, 2.45) is 0 Å². The first kappa shape index (κ1) is 16.0. The number of rotatable bonds is 7. The lowest BCUT2D eigenvalue weighted by molar-refractivity contribution is -0.121. The van der Waals surface area contributed by atoms with Crippen molar-refractivity contribution in [3.8, 4) is 5.75 Å². The van der Waals surface area contributed by atoms with Gasteiger partial charge in [0.15, 0.2) is 0 Å². The van der Waals surface area contributed by atoms with Crippen LogP contribution in [0, 0.1) is 0 Å². The van der Waals surface area contributed by atoms with E-state index in [2.05, 4.69) is 26.6 Å². The van der Waals surface area contributed by atoms with Gasteiger partial charge in [-0.1, -0.05) is 6.07 Å². The van der Waals surface area contributed by atoms with Crippen LogP contribution in [0.5, 0.6) is 5.75 Å². The molecule has 0 heterocycles. The number of nitrogens with one attached hydrogen (secondary N) is 2. The highest BCUT2D eigenvalue weighted by molar-refractivity contribution is 9.10. The zero-order valence-corrected chi connectivity index (χ0v) is 13.2. The van der Waals surface area contributed by atoms with Crippen LogP contribution in [0.3, 0.4) is 0 Å². The summed E-state index contributed by atoms with van der Waals surface area (Å²) in [6.07, 6.45) is 1.22. The van der Waals surface area contributed by atoms with E-state index >= 15 is 0 Å². The molecule has 1 rings (SSSR count). The van der Waals surface area contributed by atoms with Gasteiger partial charge in [0.25, 0.3) is 0 Å². The Morgan fingerprint density at radius 1 is 1.47 bits per heavy atom. The van der Waals surface area contributed by atoms with Gasteiger partial charge in [-0.05, 0) is 54.0 Å². The van der Waals surface area contributed by atoms with Crippen LogP contribution in [0.1, 0.15) is 18.9 Å². The fourth-order valence-corrected chi connectivity index (χ4v) is 2.17. The summed E-state index contributed by atoms with van der Waals surface area (Å²) in [7, 11) is 3.52. The zero-order chi connectivity index (χ0) is 14.3. The second kappa shape index (κ2) is 8.17. The van der Waals surface area contributed by atoms with Crippen LogP contribution in [0.2, 0.25) is 0 Å². The standard InChI is InChI=1S/C14H21BrN2O2/c1-10(16-2)9-17-14(18)7-5-11-4-6-13(19-3)12(15)8-11/h4,6,8,10,16H,5,7,9H2,1-3H3,(H,17,18). The lowest BCUT2D eigenvalue weighted by atomic mass is 10.1. The Hall–Kier alpha value is -1.07. The lowest BCUT2D eigenvalue weighted by Gasteiger charge is -2.11. The number of hydrogen-bond acceptors (Lipinski definition) is 3. The second-order valence-corrected chi connectivity index (χ2v) is 5.32. The van der Waals surface area contributed by atoms with E-state index in [0.717, 1.165) is 22.2 Å². The van der Waals surface area contributed by atoms with E-state index in [1.54, 1.807) is 7.11 Å². The number of likely N-dealkylation sites (N-methyl/N-ethyl adjacent to an activating group) is 1. The highest BCUT2D eigenvalue weighted by Gasteiger charge is 2.06. The molecule has 106 valence electrons. The SMILES string of the molecule is CNC(C)CNC(=O)CCc1ccc(OC)c(Br)c1. The Bertz CT molecular complexity index is 424. The number of halogens is 1. The first-order chi connectivity index (χ1) is 9.06. The maximum Gasteiger partial charge on any atom is 0.220 e. The quantitative estimate of drug-likeness (QED) is 0.806. The molecule has 1 aromatic carbocycles. The van der Waals surface area contributed by atoms with E-state index in [0.29, 0.717) is 19.0 Å². The largest absolute Gasteiger partial charge is 0.496 e.